The second-order valence-corrected chi connectivity index (χ2v) is 5.86. The molecule has 0 unspecified atom stereocenters. The molecule has 0 aromatic heterocycles. The van der Waals surface area contributed by atoms with Gasteiger partial charge in [-0.3, -0.25) is 19.7 Å². The van der Waals surface area contributed by atoms with Crippen LogP contribution < -0.4 is 10.6 Å². The first-order chi connectivity index (χ1) is 12.3. The molecule has 7 heteroatoms. The summed E-state index contributed by atoms with van der Waals surface area (Å²) < 4.78 is 0. The first-order valence-electron chi connectivity index (χ1n) is 7.88. The minimum absolute atomic E-state index is 0.00188. The van der Waals surface area contributed by atoms with Crippen LogP contribution in [0, 0.1) is 24.0 Å². The molecule has 0 aliphatic carbocycles. The molecule has 134 valence electrons. The third kappa shape index (κ3) is 5.01. The van der Waals surface area contributed by atoms with Crippen molar-refractivity contribution >= 4 is 29.3 Å². The molecule has 0 aliphatic heterocycles. The Kier molecular flexibility index (Phi) is 5.85. The number of nitrogens with one attached hydrogen (secondary N) is 2. The molecule has 2 rings (SSSR count). The van der Waals surface area contributed by atoms with Crippen LogP contribution in [0.15, 0.2) is 48.2 Å². The zero-order valence-corrected chi connectivity index (χ0v) is 14.7. The monoisotopic (exact) mass is 353 g/mol. The molecule has 0 radical (unpaired) electrons. The van der Waals surface area contributed by atoms with Gasteiger partial charge in [0.2, 0.25) is 5.91 Å². The Morgan fingerprint density at radius 3 is 2.46 bits per heavy atom. The number of anilines is 1. The van der Waals surface area contributed by atoms with E-state index in [9.17, 15) is 19.7 Å². The number of carbonyl (C=O) groups excluding carboxylic acids is 2. The van der Waals surface area contributed by atoms with Gasteiger partial charge in [-0.2, -0.15) is 0 Å². The molecule has 7 nitrogen and oxygen atoms in total. The van der Waals surface area contributed by atoms with Crippen molar-refractivity contribution in [2.75, 3.05) is 5.32 Å². The van der Waals surface area contributed by atoms with Crippen LogP contribution in [0.1, 0.15) is 23.6 Å². The maximum absolute atomic E-state index is 12.6. The van der Waals surface area contributed by atoms with Gasteiger partial charge in [-0.1, -0.05) is 29.8 Å². The van der Waals surface area contributed by atoms with Crippen molar-refractivity contribution in [3.63, 3.8) is 0 Å². The molecule has 2 aromatic rings. The van der Waals surface area contributed by atoms with E-state index in [1.807, 2.05) is 26.0 Å². The average Bonchev–Trinajstić information content (AvgIpc) is 2.56. The van der Waals surface area contributed by atoms with Crippen LogP contribution in [0.3, 0.4) is 0 Å². The molecule has 2 amide bonds. The van der Waals surface area contributed by atoms with Crippen LogP contribution >= 0.6 is 0 Å². The highest BCUT2D eigenvalue weighted by Gasteiger charge is 2.14. The lowest BCUT2D eigenvalue weighted by atomic mass is 10.1. The van der Waals surface area contributed by atoms with Crippen molar-refractivity contribution in [3.8, 4) is 0 Å². The van der Waals surface area contributed by atoms with Crippen molar-refractivity contribution < 1.29 is 14.5 Å². The van der Waals surface area contributed by atoms with E-state index < -0.39 is 16.7 Å². The summed E-state index contributed by atoms with van der Waals surface area (Å²) in [7, 11) is 0. The number of nitrogens with zero attached hydrogens (tertiary/aromatic N) is 1. The summed E-state index contributed by atoms with van der Waals surface area (Å²) in [5, 5.41) is 16.1. The van der Waals surface area contributed by atoms with Crippen molar-refractivity contribution in [1.82, 2.24) is 5.32 Å². The molecule has 0 bridgehead atoms. The number of nitro groups is 1. The van der Waals surface area contributed by atoms with E-state index in [1.165, 1.54) is 31.2 Å². The van der Waals surface area contributed by atoms with Crippen LogP contribution in [0.4, 0.5) is 11.4 Å². The van der Waals surface area contributed by atoms with Crippen molar-refractivity contribution in [1.29, 1.82) is 0 Å². The standard InChI is InChI=1S/C19H19N3O4/c1-12-7-8-17(13(2)9-12)21-19(24)18(20-14(3)23)11-15-5-4-6-16(10-15)22(25)26/h4-11H,1-3H3,(H,20,23)(H,21,24). The van der Waals surface area contributed by atoms with Gasteiger partial charge in [0.15, 0.2) is 0 Å². The molecule has 0 spiro atoms. The molecule has 0 fully saturated rings. The third-order valence-corrected chi connectivity index (χ3v) is 3.58. The van der Waals surface area contributed by atoms with Crippen LogP contribution in [-0.2, 0) is 9.59 Å². The summed E-state index contributed by atoms with van der Waals surface area (Å²) in [6, 6.07) is 11.4. The Bertz CT molecular complexity index is 903. The molecule has 0 saturated carbocycles. The molecule has 2 aromatic carbocycles. The quantitative estimate of drug-likeness (QED) is 0.489. The van der Waals surface area contributed by atoms with E-state index in [0.29, 0.717) is 11.3 Å². The number of amides is 2. The smallest absolute Gasteiger partial charge is 0.272 e. The number of aryl methyl sites for hydroxylation is 2. The molecular formula is C19H19N3O4. The van der Waals surface area contributed by atoms with Crippen molar-refractivity contribution in [2.24, 2.45) is 0 Å². The highest BCUT2D eigenvalue weighted by Crippen LogP contribution is 2.18. The summed E-state index contributed by atoms with van der Waals surface area (Å²) in [5.74, 6) is -0.934. The van der Waals surface area contributed by atoms with Crippen molar-refractivity contribution in [3.05, 3.63) is 75.0 Å². The number of carbonyl (C=O) groups is 2. The predicted octanol–water partition coefficient (Wildman–Crippen LogP) is 3.33. The zero-order valence-electron chi connectivity index (χ0n) is 14.7. The van der Waals surface area contributed by atoms with E-state index in [0.717, 1.165) is 11.1 Å². The van der Waals surface area contributed by atoms with E-state index in [2.05, 4.69) is 10.6 Å². The van der Waals surface area contributed by atoms with Gasteiger partial charge in [-0.15, -0.1) is 0 Å². The SMILES string of the molecule is CC(=O)NC(=Cc1cccc([N+](=O)[O-])c1)C(=O)Nc1ccc(C)cc1C. The van der Waals surface area contributed by atoms with Gasteiger partial charge in [0.25, 0.3) is 11.6 Å². The maximum Gasteiger partial charge on any atom is 0.272 e. The van der Waals surface area contributed by atoms with Crippen LogP contribution in [0.25, 0.3) is 6.08 Å². The molecule has 0 atom stereocenters. The largest absolute Gasteiger partial charge is 0.322 e. The summed E-state index contributed by atoms with van der Waals surface area (Å²) in [6.07, 6.45) is 1.40. The minimum atomic E-state index is -0.523. The third-order valence-electron chi connectivity index (χ3n) is 3.58. The first-order valence-corrected chi connectivity index (χ1v) is 7.88. The number of hydrogen-bond acceptors (Lipinski definition) is 4. The molecule has 0 aliphatic rings. The minimum Gasteiger partial charge on any atom is -0.322 e. The Labute approximate surface area is 150 Å². The zero-order chi connectivity index (χ0) is 19.3. The van der Waals surface area contributed by atoms with Crippen molar-refractivity contribution in [2.45, 2.75) is 20.8 Å². The highest BCUT2D eigenvalue weighted by atomic mass is 16.6. The summed E-state index contributed by atoms with van der Waals surface area (Å²) in [4.78, 5) is 34.4. The molecule has 0 saturated heterocycles. The van der Waals surface area contributed by atoms with Gasteiger partial charge >= 0.3 is 0 Å². The van der Waals surface area contributed by atoms with Gasteiger partial charge in [-0.05, 0) is 37.1 Å². The summed E-state index contributed by atoms with van der Waals surface area (Å²) in [6.45, 7) is 5.10. The number of hydrogen-bond donors (Lipinski definition) is 2. The lowest BCUT2D eigenvalue weighted by molar-refractivity contribution is -0.384. The van der Waals surface area contributed by atoms with E-state index in [4.69, 9.17) is 0 Å². The fraction of sp³-hybridized carbons (Fsp3) is 0.158. The van der Waals surface area contributed by atoms with Gasteiger partial charge < -0.3 is 10.6 Å². The van der Waals surface area contributed by atoms with Crippen LogP contribution in [0.2, 0.25) is 0 Å². The first kappa shape index (κ1) is 18.9. The highest BCUT2D eigenvalue weighted by molar-refractivity contribution is 6.08. The second kappa shape index (κ2) is 8.06. The van der Waals surface area contributed by atoms with Gasteiger partial charge in [-0.25, -0.2) is 0 Å². The van der Waals surface area contributed by atoms with E-state index >= 15 is 0 Å². The molecular weight excluding hydrogens is 334 g/mol. The van der Waals surface area contributed by atoms with Gasteiger partial charge in [0.05, 0.1) is 4.92 Å². The molecule has 0 heterocycles. The predicted molar refractivity (Wildman–Crippen MR) is 99.4 cm³/mol. The van der Waals surface area contributed by atoms with E-state index in [1.54, 1.807) is 12.1 Å². The summed E-state index contributed by atoms with van der Waals surface area (Å²) >= 11 is 0. The van der Waals surface area contributed by atoms with Crippen LogP contribution in [0.5, 0.6) is 0 Å². The molecule has 26 heavy (non-hydrogen) atoms. The second-order valence-electron chi connectivity index (χ2n) is 5.86. The fourth-order valence-electron chi connectivity index (χ4n) is 2.39. The number of nitro benzene ring substituents is 1. The lowest BCUT2D eigenvalue weighted by Crippen LogP contribution is -2.29. The summed E-state index contributed by atoms with van der Waals surface area (Å²) in [5.41, 5.74) is 2.90. The van der Waals surface area contributed by atoms with Gasteiger partial charge in [0, 0.05) is 24.7 Å². The Morgan fingerprint density at radius 2 is 1.85 bits per heavy atom. The normalized spacial score (nSPS) is 11.0. The number of rotatable bonds is 5. The van der Waals surface area contributed by atoms with Crippen LogP contribution in [-0.4, -0.2) is 16.7 Å². The Morgan fingerprint density at radius 1 is 1.12 bits per heavy atom. The van der Waals surface area contributed by atoms with E-state index in [-0.39, 0.29) is 11.4 Å². The fourth-order valence-corrected chi connectivity index (χ4v) is 2.39. The van der Waals surface area contributed by atoms with Gasteiger partial charge in [0.1, 0.15) is 5.70 Å². The Hall–Kier alpha value is -3.48. The number of non-ortho nitro benzene ring substituents is 1. The lowest BCUT2D eigenvalue weighted by Gasteiger charge is -2.12. The topological polar surface area (TPSA) is 101 Å². The number of benzene rings is 2. The maximum atomic E-state index is 12.6. The average molecular weight is 353 g/mol. The Balaban J connectivity index is 2.34. The molecule has 2 N–H and O–H groups in total.